The van der Waals surface area contributed by atoms with E-state index in [0.717, 1.165) is 20.9 Å². The number of nitrogens with zero attached hydrogens (tertiary/aromatic N) is 2. The van der Waals surface area contributed by atoms with E-state index in [0.29, 0.717) is 29.6 Å². The number of para-hydroxylation sites is 1. The van der Waals surface area contributed by atoms with Gasteiger partial charge in [-0.25, -0.2) is 4.98 Å². The number of methoxy groups -OCH3 is 1. The van der Waals surface area contributed by atoms with Gasteiger partial charge in [0.1, 0.15) is 17.0 Å². The van der Waals surface area contributed by atoms with Crippen LogP contribution >= 0.6 is 23.1 Å². The summed E-state index contributed by atoms with van der Waals surface area (Å²) >= 11 is 3.16. The van der Waals surface area contributed by atoms with Crippen LogP contribution in [0, 0.1) is 6.92 Å². The first-order valence-electron chi connectivity index (χ1n) is 9.60. The van der Waals surface area contributed by atoms with E-state index in [4.69, 9.17) is 14.1 Å². The molecule has 0 atom stereocenters. The van der Waals surface area contributed by atoms with Crippen molar-refractivity contribution in [1.82, 2.24) is 4.98 Å². The highest BCUT2D eigenvalue weighted by Crippen LogP contribution is 2.35. The fraction of sp³-hybridized carbons (Fsp3) is 0.217. The predicted octanol–water partition coefficient (Wildman–Crippen LogP) is 5.92. The molecule has 2 heterocycles. The summed E-state index contributed by atoms with van der Waals surface area (Å²) < 4.78 is 11.9. The molecule has 0 saturated carbocycles. The molecule has 154 valence electrons. The van der Waals surface area contributed by atoms with Gasteiger partial charge in [-0.1, -0.05) is 35.1 Å². The van der Waals surface area contributed by atoms with E-state index in [2.05, 4.69) is 31.2 Å². The Hall–Kier alpha value is -2.77. The number of aromatic nitrogens is 1. The van der Waals surface area contributed by atoms with Gasteiger partial charge in [0.25, 0.3) is 0 Å². The van der Waals surface area contributed by atoms with Gasteiger partial charge in [-0.15, -0.1) is 11.8 Å². The number of hydrogen-bond acceptors (Lipinski definition) is 6. The molecule has 1 amide bonds. The average molecular weight is 439 g/mol. The summed E-state index contributed by atoms with van der Waals surface area (Å²) in [5, 5.41) is 0.649. The maximum absolute atomic E-state index is 13.2. The predicted molar refractivity (Wildman–Crippen MR) is 123 cm³/mol. The van der Waals surface area contributed by atoms with Crippen LogP contribution in [-0.2, 0) is 11.3 Å². The van der Waals surface area contributed by atoms with Crippen LogP contribution in [0.1, 0.15) is 17.7 Å². The molecule has 0 saturated heterocycles. The summed E-state index contributed by atoms with van der Waals surface area (Å²) in [6.45, 7) is 2.42. The standard InChI is InChI=1S/C23H22N2O3S2/c1-16-8-10-18(11-9-16)29-14-12-21(26)25(15-17-5-4-13-28-17)23-24-22-19(27-2)6-3-7-20(22)30-23/h3-11,13H,12,14-15H2,1-2H3. The topological polar surface area (TPSA) is 55.6 Å². The third-order valence-corrected chi connectivity index (χ3v) is 6.68. The minimum atomic E-state index is 0.0176. The molecule has 0 aliphatic rings. The molecule has 4 rings (SSSR count). The third kappa shape index (κ3) is 4.68. The van der Waals surface area contributed by atoms with Crippen LogP contribution in [0.25, 0.3) is 10.2 Å². The molecule has 0 radical (unpaired) electrons. The summed E-state index contributed by atoms with van der Waals surface area (Å²) in [4.78, 5) is 20.7. The maximum Gasteiger partial charge on any atom is 0.230 e. The van der Waals surface area contributed by atoms with Crippen molar-refractivity contribution >= 4 is 44.4 Å². The van der Waals surface area contributed by atoms with Gasteiger partial charge in [0.15, 0.2) is 5.13 Å². The molecule has 0 aliphatic carbocycles. The van der Waals surface area contributed by atoms with Crippen LogP contribution in [0.2, 0.25) is 0 Å². The van der Waals surface area contributed by atoms with Crippen LogP contribution in [0.15, 0.2) is 70.2 Å². The highest BCUT2D eigenvalue weighted by molar-refractivity contribution is 7.99. The van der Waals surface area contributed by atoms with Crippen molar-refractivity contribution in [2.24, 2.45) is 0 Å². The second kappa shape index (κ2) is 9.36. The lowest BCUT2D eigenvalue weighted by Gasteiger charge is -2.18. The number of furan rings is 1. The number of anilines is 1. The first-order chi connectivity index (χ1) is 14.6. The van der Waals surface area contributed by atoms with Gasteiger partial charge >= 0.3 is 0 Å². The van der Waals surface area contributed by atoms with E-state index in [1.807, 2.05) is 30.3 Å². The molecule has 0 aliphatic heterocycles. The molecule has 2 aromatic carbocycles. The molecular formula is C23H22N2O3S2. The lowest BCUT2D eigenvalue weighted by Crippen LogP contribution is -2.30. The molecule has 0 N–H and O–H groups in total. The number of carbonyl (C=O) groups excluding carboxylic acids is 1. The van der Waals surface area contributed by atoms with E-state index < -0.39 is 0 Å². The van der Waals surface area contributed by atoms with Crippen molar-refractivity contribution in [2.45, 2.75) is 24.8 Å². The number of amides is 1. The van der Waals surface area contributed by atoms with Gasteiger partial charge in [0.05, 0.1) is 24.6 Å². The van der Waals surface area contributed by atoms with Crippen molar-refractivity contribution < 1.29 is 13.9 Å². The van der Waals surface area contributed by atoms with Gasteiger partial charge in [0.2, 0.25) is 5.91 Å². The van der Waals surface area contributed by atoms with Crippen molar-refractivity contribution in [2.75, 3.05) is 17.8 Å². The van der Waals surface area contributed by atoms with Gasteiger partial charge < -0.3 is 9.15 Å². The molecule has 0 spiro atoms. The Kier molecular flexibility index (Phi) is 6.40. The zero-order valence-corrected chi connectivity index (χ0v) is 18.5. The normalized spacial score (nSPS) is 11.0. The highest BCUT2D eigenvalue weighted by atomic mass is 32.2. The monoisotopic (exact) mass is 438 g/mol. The molecule has 30 heavy (non-hydrogen) atoms. The maximum atomic E-state index is 13.2. The van der Waals surface area contributed by atoms with Crippen molar-refractivity contribution in [3.8, 4) is 5.75 Å². The van der Waals surface area contributed by atoms with Crippen LogP contribution in [0.5, 0.6) is 5.75 Å². The Labute approximate surface area is 183 Å². The summed E-state index contributed by atoms with van der Waals surface area (Å²) in [6.07, 6.45) is 2.03. The highest BCUT2D eigenvalue weighted by Gasteiger charge is 2.22. The van der Waals surface area contributed by atoms with Gasteiger partial charge in [-0.2, -0.15) is 0 Å². The minimum absolute atomic E-state index is 0.0176. The van der Waals surface area contributed by atoms with Crippen molar-refractivity contribution in [3.63, 3.8) is 0 Å². The van der Waals surface area contributed by atoms with Gasteiger partial charge in [-0.05, 0) is 43.3 Å². The first-order valence-corrected chi connectivity index (χ1v) is 11.4. The van der Waals surface area contributed by atoms with Crippen LogP contribution in [-0.4, -0.2) is 23.8 Å². The Morgan fingerprint density at radius 1 is 1.17 bits per heavy atom. The summed E-state index contributed by atoms with van der Waals surface area (Å²) in [6, 6.07) is 17.8. The fourth-order valence-electron chi connectivity index (χ4n) is 3.04. The Bertz CT molecular complexity index is 1120. The zero-order chi connectivity index (χ0) is 20.9. The number of thioether (sulfide) groups is 1. The molecule has 5 nitrogen and oxygen atoms in total. The summed E-state index contributed by atoms with van der Waals surface area (Å²) in [5.74, 6) is 2.14. The largest absolute Gasteiger partial charge is 0.494 e. The van der Waals surface area contributed by atoms with E-state index in [9.17, 15) is 4.79 Å². The molecule has 2 aromatic heterocycles. The number of fused-ring (bicyclic) bond motifs is 1. The second-order valence-corrected chi connectivity index (χ2v) is 8.95. The Morgan fingerprint density at radius 3 is 2.73 bits per heavy atom. The van der Waals surface area contributed by atoms with Gasteiger partial charge in [-0.3, -0.25) is 9.69 Å². The minimum Gasteiger partial charge on any atom is -0.494 e. The number of thiazole rings is 1. The lowest BCUT2D eigenvalue weighted by molar-refractivity contribution is -0.118. The summed E-state index contributed by atoms with van der Waals surface area (Å²) in [7, 11) is 1.63. The SMILES string of the molecule is COc1cccc2sc(N(Cc3ccco3)C(=O)CCSc3ccc(C)cc3)nc12. The number of rotatable bonds is 8. The Balaban J connectivity index is 1.53. The van der Waals surface area contributed by atoms with E-state index >= 15 is 0 Å². The fourth-order valence-corrected chi connectivity index (χ4v) is 4.88. The molecule has 0 bridgehead atoms. The van der Waals surface area contributed by atoms with E-state index in [-0.39, 0.29) is 5.91 Å². The third-order valence-electron chi connectivity index (χ3n) is 4.62. The van der Waals surface area contributed by atoms with Crippen LogP contribution in [0.4, 0.5) is 5.13 Å². The number of carbonyl (C=O) groups is 1. The average Bonchev–Trinajstić information content (AvgIpc) is 3.42. The second-order valence-electron chi connectivity index (χ2n) is 6.77. The van der Waals surface area contributed by atoms with Crippen LogP contribution in [0.3, 0.4) is 0 Å². The Morgan fingerprint density at radius 2 is 2.00 bits per heavy atom. The van der Waals surface area contributed by atoms with Crippen LogP contribution < -0.4 is 9.64 Å². The van der Waals surface area contributed by atoms with E-state index in [1.165, 1.54) is 16.9 Å². The van der Waals surface area contributed by atoms with E-state index in [1.54, 1.807) is 30.0 Å². The van der Waals surface area contributed by atoms with Crippen molar-refractivity contribution in [1.29, 1.82) is 0 Å². The smallest absolute Gasteiger partial charge is 0.230 e. The molecule has 7 heteroatoms. The van der Waals surface area contributed by atoms with Gasteiger partial charge in [0, 0.05) is 17.1 Å². The number of ether oxygens (including phenoxy) is 1. The number of aryl methyl sites for hydroxylation is 1. The quantitative estimate of drug-likeness (QED) is 0.320. The molecule has 0 unspecified atom stereocenters. The number of benzene rings is 2. The zero-order valence-electron chi connectivity index (χ0n) is 16.8. The lowest BCUT2D eigenvalue weighted by atomic mass is 10.2. The summed E-state index contributed by atoms with van der Waals surface area (Å²) in [5.41, 5.74) is 2.00. The first kappa shape index (κ1) is 20.5. The number of hydrogen-bond donors (Lipinski definition) is 0. The molecule has 0 fully saturated rings. The molecular weight excluding hydrogens is 416 g/mol. The van der Waals surface area contributed by atoms with Crippen molar-refractivity contribution in [3.05, 3.63) is 72.2 Å². The molecule has 4 aromatic rings.